The Labute approximate surface area is 219 Å². The molecule has 0 N–H and O–H groups in total. The average Bonchev–Trinajstić information content (AvgIpc) is 2.88. The molecule has 7 heteroatoms. The third-order valence-corrected chi connectivity index (χ3v) is 6.65. The number of hydrogen-bond donors (Lipinski definition) is 0. The van der Waals surface area contributed by atoms with Gasteiger partial charge in [-0.1, -0.05) is 92.5 Å². The van der Waals surface area contributed by atoms with Crippen molar-refractivity contribution in [2.45, 2.75) is 6.61 Å². The number of hydrogen-bond acceptors (Lipinski definition) is 4. The quantitative estimate of drug-likeness (QED) is 0.200. The fraction of sp³-hybridized carbons (Fsp3) is 0.0357. The van der Waals surface area contributed by atoms with Crippen LogP contribution in [0.5, 0.6) is 5.75 Å². The fourth-order valence-electron chi connectivity index (χ4n) is 3.64. The molecule has 4 aromatic carbocycles. The van der Waals surface area contributed by atoms with Gasteiger partial charge in [-0.05, 0) is 36.4 Å². The zero-order valence-electron chi connectivity index (χ0n) is 18.4. The first kappa shape index (κ1) is 23.2. The van der Waals surface area contributed by atoms with E-state index in [1.54, 1.807) is 12.3 Å². The Morgan fingerprint density at radius 1 is 0.886 bits per heavy atom. The van der Waals surface area contributed by atoms with Gasteiger partial charge in [0.05, 0.1) is 17.1 Å². The highest BCUT2D eigenvalue weighted by atomic mass is 79.9. The summed E-state index contributed by atoms with van der Waals surface area (Å²) in [6.07, 6.45) is 1.64. The first-order valence-electron chi connectivity index (χ1n) is 10.9. The molecule has 5 rings (SSSR count). The summed E-state index contributed by atoms with van der Waals surface area (Å²) in [5.74, 6) is 1.14. The molecule has 0 bridgehead atoms. The summed E-state index contributed by atoms with van der Waals surface area (Å²) in [6, 6.07) is 30.4. The highest BCUT2D eigenvalue weighted by Gasteiger charge is 2.12. The standard InChI is InChI=1S/C28H19Br2N3O2/c29-22-15-14-21(24(30)16-22)18-35-26-13-7-4-10-20(26)17-31-33-27(19-8-2-1-3-9-19)32-25-12-6-5-11-23(25)28(33)34/h1-17H,18H2. The van der Waals surface area contributed by atoms with Gasteiger partial charge < -0.3 is 4.74 Å². The molecule has 35 heavy (non-hydrogen) atoms. The lowest BCUT2D eigenvalue weighted by Crippen LogP contribution is -2.20. The van der Waals surface area contributed by atoms with E-state index in [0.29, 0.717) is 29.1 Å². The third kappa shape index (κ3) is 5.11. The minimum Gasteiger partial charge on any atom is -0.488 e. The van der Waals surface area contributed by atoms with Crippen molar-refractivity contribution in [3.63, 3.8) is 0 Å². The Morgan fingerprint density at radius 2 is 1.63 bits per heavy atom. The van der Waals surface area contributed by atoms with Crippen molar-refractivity contribution in [1.82, 2.24) is 9.66 Å². The first-order valence-corrected chi connectivity index (χ1v) is 12.5. The molecular weight excluding hydrogens is 570 g/mol. The van der Waals surface area contributed by atoms with Gasteiger partial charge in [0.2, 0.25) is 0 Å². The largest absolute Gasteiger partial charge is 0.488 e. The molecule has 0 atom stereocenters. The van der Waals surface area contributed by atoms with E-state index in [4.69, 9.17) is 9.72 Å². The highest BCUT2D eigenvalue weighted by Crippen LogP contribution is 2.25. The van der Waals surface area contributed by atoms with E-state index in [1.165, 1.54) is 4.68 Å². The maximum atomic E-state index is 13.4. The second-order valence-corrected chi connectivity index (χ2v) is 9.51. The second-order valence-electron chi connectivity index (χ2n) is 7.74. The number of aromatic nitrogens is 2. The molecule has 5 nitrogen and oxygen atoms in total. The van der Waals surface area contributed by atoms with E-state index in [2.05, 4.69) is 37.0 Å². The van der Waals surface area contributed by atoms with Crippen LogP contribution in [0.3, 0.4) is 0 Å². The number of rotatable bonds is 6. The minimum absolute atomic E-state index is 0.233. The van der Waals surface area contributed by atoms with E-state index >= 15 is 0 Å². The Kier molecular flexibility index (Phi) is 6.88. The van der Waals surface area contributed by atoms with Crippen molar-refractivity contribution >= 4 is 49.0 Å². The van der Waals surface area contributed by atoms with Crippen molar-refractivity contribution in [3.8, 4) is 17.1 Å². The lowest BCUT2D eigenvalue weighted by molar-refractivity contribution is 0.305. The minimum atomic E-state index is -0.233. The van der Waals surface area contributed by atoms with E-state index in [-0.39, 0.29) is 5.56 Å². The van der Waals surface area contributed by atoms with Crippen molar-refractivity contribution in [2.75, 3.05) is 0 Å². The number of para-hydroxylation sites is 2. The van der Waals surface area contributed by atoms with Crippen LogP contribution in [0.25, 0.3) is 22.3 Å². The zero-order valence-corrected chi connectivity index (χ0v) is 21.6. The van der Waals surface area contributed by atoms with Gasteiger partial charge in [0.1, 0.15) is 12.4 Å². The molecule has 0 fully saturated rings. The molecule has 0 aliphatic carbocycles. The smallest absolute Gasteiger partial charge is 0.282 e. The molecule has 0 amide bonds. The Hall–Kier alpha value is -3.55. The number of nitrogens with zero attached hydrogens (tertiary/aromatic N) is 3. The molecule has 0 saturated heterocycles. The third-order valence-electron chi connectivity index (χ3n) is 5.42. The van der Waals surface area contributed by atoms with Crippen LogP contribution in [0.15, 0.2) is 116 Å². The van der Waals surface area contributed by atoms with Crippen molar-refractivity contribution in [3.05, 3.63) is 127 Å². The molecule has 0 spiro atoms. The van der Waals surface area contributed by atoms with Crippen LogP contribution in [-0.2, 0) is 6.61 Å². The molecule has 172 valence electrons. The topological polar surface area (TPSA) is 56.5 Å². The highest BCUT2D eigenvalue weighted by molar-refractivity contribution is 9.11. The molecule has 0 aliphatic rings. The number of benzene rings is 4. The van der Waals surface area contributed by atoms with Gasteiger partial charge >= 0.3 is 0 Å². The maximum absolute atomic E-state index is 13.4. The molecule has 1 heterocycles. The van der Waals surface area contributed by atoms with Crippen LogP contribution < -0.4 is 10.3 Å². The van der Waals surface area contributed by atoms with Crippen LogP contribution in [0.1, 0.15) is 11.1 Å². The monoisotopic (exact) mass is 587 g/mol. The van der Waals surface area contributed by atoms with E-state index in [1.807, 2.05) is 91.0 Å². The van der Waals surface area contributed by atoms with Crippen molar-refractivity contribution < 1.29 is 4.74 Å². The molecule has 0 aliphatic heterocycles. The van der Waals surface area contributed by atoms with Crippen molar-refractivity contribution in [2.24, 2.45) is 5.10 Å². The molecule has 0 unspecified atom stereocenters. The molecule has 5 aromatic rings. The number of ether oxygens (including phenoxy) is 1. The maximum Gasteiger partial charge on any atom is 0.282 e. The van der Waals surface area contributed by atoms with Crippen molar-refractivity contribution in [1.29, 1.82) is 0 Å². The van der Waals surface area contributed by atoms with Crippen LogP contribution in [-0.4, -0.2) is 15.9 Å². The van der Waals surface area contributed by atoms with E-state index in [9.17, 15) is 4.79 Å². The van der Waals surface area contributed by atoms with Crippen LogP contribution >= 0.6 is 31.9 Å². The fourth-order valence-corrected chi connectivity index (χ4v) is 4.80. The Balaban J connectivity index is 1.53. The average molecular weight is 589 g/mol. The lowest BCUT2D eigenvalue weighted by Gasteiger charge is -2.11. The van der Waals surface area contributed by atoms with E-state index < -0.39 is 0 Å². The normalized spacial score (nSPS) is 11.3. The van der Waals surface area contributed by atoms with Gasteiger partial charge in [0.15, 0.2) is 5.82 Å². The Morgan fingerprint density at radius 3 is 2.46 bits per heavy atom. The summed E-state index contributed by atoms with van der Waals surface area (Å²) >= 11 is 7.05. The van der Waals surface area contributed by atoms with Gasteiger partial charge in [0, 0.05) is 25.6 Å². The van der Waals surface area contributed by atoms with Gasteiger partial charge in [-0.25, -0.2) is 4.98 Å². The second kappa shape index (κ2) is 10.4. The van der Waals surface area contributed by atoms with Crippen LogP contribution in [0, 0.1) is 0 Å². The van der Waals surface area contributed by atoms with E-state index in [0.717, 1.165) is 25.6 Å². The van der Waals surface area contributed by atoms with Gasteiger partial charge in [-0.15, -0.1) is 0 Å². The molecule has 0 saturated carbocycles. The molecule has 1 aromatic heterocycles. The van der Waals surface area contributed by atoms with Crippen LogP contribution in [0.2, 0.25) is 0 Å². The van der Waals surface area contributed by atoms with Gasteiger partial charge in [-0.3, -0.25) is 4.79 Å². The lowest BCUT2D eigenvalue weighted by atomic mass is 10.2. The summed E-state index contributed by atoms with van der Waals surface area (Å²) in [5.41, 5.74) is 2.97. The first-order chi connectivity index (χ1) is 17.1. The summed E-state index contributed by atoms with van der Waals surface area (Å²) in [5, 5.41) is 5.08. The summed E-state index contributed by atoms with van der Waals surface area (Å²) in [6.45, 7) is 0.380. The summed E-state index contributed by atoms with van der Waals surface area (Å²) < 4.78 is 9.40. The Bertz CT molecular complexity index is 1600. The summed E-state index contributed by atoms with van der Waals surface area (Å²) in [4.78, 5) is 18.1. The summed E-state index contributed by atoms with van der Waals surface area (Å²) in [7, 11) is 0. The predicted octanol–water partition coefficient (Wildman–Crippen LogP) is 7.05. The molecular formula is C28H19Br2N3O2. The predicted molar refractivity (Wildman–Crippen MR) is 147 cm³/mol. The van der Waals surface area contributed by atoms with Gasteiger partial charge in [0.25, 0.3) is 5.56 Å². The van der Waals surface area contributed by atoms with Gasteiger partial charge in [-0.2, -0.15) is 9.78 Å². The number of fused-ring (bicyclic) bond motifs is 1. The SMILES string of the molecule is O=c1c2ccccc2nc(-c2ccccc2)n1N=Cc1ccccc1OCc1ccc(Br)cc1Br. The zero-order chi connectivity index (χ0) is 24.2. The number of halogens is 2. The van der Waals surface area contributed by atoms with Crippen LogP contribution in [0.4, 0.5) is 0 Å². The molecule has 0 radical (unpaired) electrons.